The van der Waals surface area contributed by atoms with Gasteiger partial charge in [0.05, 0.1) is 26.9 Å². The van der Waals surface area contributed by atoms with Crippen molar-refractivity contribution in [1.29, 1.82) is 5.26 Å². The molecule has 2 heterocycles. The first-order chi connectivity index (χ1) is 15.1. The predicted molar refractivity (Wildman–Crippen MR) is 127 cm³/mol. The van der Waals surface area contributed by atoms with Crippen LogP contribution < -0.4 is 0 Å². The van der Waals surface area contributed by atoms with Crippen LogP contribution in [0.1, 0.15) is 46.4 Å². The van der Waals surface area contributed by atoms with Crippen molar-refractivity contribution < 1.29 is 13.2 Å². The maximum atomic E-state index is 13.3. The number of fused-ring (bicyclic) bond motifs is 1. The molecule has 170 valence electrons. The number of imidazole rings is 1. The molecule has 0 radical (unpaired) electrons. The molecule has 1 fully saturated rings. The summed E-state index contributed by atoms with van der Waals surface area (Å²) in [6.07, 6.45) is 6.20. The number of nitrogens with zero attached hydrogens (tertiary/aromatic N) is 3. The Bertz CT molecular complexity index is 1220. The average Bonchev–Trinajstić information content (AvgIpc) is 3.13. The highest BCUT2D eigenvalue weighted by Crippen LogP contribution is 2.31. The molecule has 0 aliphatic carbocycles. The highest BCUT2D eigenvalue weighted by Gasteiger charge is 2.27. The minimum Gasteiger partial charge on any atom is -0.381 e. The van der Waals surface area contributed by atoms with Crippen molar-refractivity contribution in [2.75, 3.05) is 13.2 Å². The van der Waals surface area contributed by atoms with Gasteiger partial charge in [0.2, 0.25) is 9.84 Å². The van der Waals surface area contributed by atoms with E-state index in [0.717, 1.165) is 43.9 Å². The van der Waals surface area contributed by atoms with Crippen molar-refractivity contribution >= 4 is 20.9 Å². The van der Waals surface area contributed by atoms with Crippen LogP contribution in [0.3, 0.4) is 0 Å². The average molecular weight is 454 g/mol. The van der Waals surface area contributed by atoms with Crippen molar-refractivity contribution in [1.82, 2.24) is 9.55 Å². The molecule has 7 heteroatoms. The smallest absolute Gasteiger partial charge is 0.206 e. The van der Waals surface area contributed by atoms with Gasteiger partial charge in [0, 0.05) is 30.7 Å². The van der Waals surface area contributed by atoms with Gasteiger partial charge in [0.25, 0.3) is 0 Å². The lowest BCUT2D eigenvalue weighted by molar-refractivity contribution is 0.0611. The minimum absolute atomic E-state index is 0.0100. The Morgan fingerprint density at radius 3 is 2.59 bits per heavy atom. The summed E-state index contributed by atoms with van der Waals surface area (Å²) in [6.45, 7) is 14.1. The van der Waals surface area contributed by atoms with Gasteiger partial charge in [-0.1, -0.05) is 39.5 Å². The number of aromatic nitrogens is 2. The zero-order valence-electron chi connectivity index (χ0n) is 19.3. The SMILES string of the molecule is C=C/C(=C\C(C#N)=C/C)S(=O)(=O)c1ccc2c(c1)nc(C(C)(C)C)n2CC1CCOCC1. The first kappa shape index (κ1) is 24.0. The molecule has 1 aliphatic rings. The Hall–Kier alpha value is -2.69. The first-order valence-corrected chi connectivity index (χ1v) is 12.3. The van der Waals surface area contributed by atoms with Crippen LogP contribution in [0.15, 0.2) is 58.4 Å². The van der Waals surface area contributed by atoms with Crippen LogP contribution in [0.5, 0.6) is 0 Å². The molecule has 2 aromatic rings. The first-order valence-electron chi connectivity index (χ1n) is 10.9. The second-order valence-corrected chi connectivity index (χ2v) is 11.1. The Kier molecular flexibility index (Phi) is 7.06. The van der Waals surface area contributed by atoms with Crippen LogP contribution in [0, 0.1) is 17.2 Å². The molecule has 1 aromatic carbocycles. The molecule has 0 spiro atoms. The Morgan fingerprint density at radius 2 is 2.03 bits per heavy atom. The lowest BCUT2D eigenvalue weighted by atomic mass is 9.94. The monoisotopic (exact) mass is 453 g/mol. The van der Waals surface area contributed by atoms with Crippen molar-refractivity contribution in [3.05, 3.63) is 59.3 Å². The lowest BCUT2D eigenvalue weighted by Gasteiger charge is -2.26. The lowest BCUT2D eigenvalue weighted by Crippen LogP contribution is -2.25. The molecule has 0 saturated carbocycles. The summed E-state index contributed by atoms with van der Waals surface area (Å²) in [6, 6.07) is 7.06. The number of hydrogen-bond donors (Lipinski definition) is 0. The van der Waals surface area contributed by atoms with E-state index < -0.39 is 9.84 Å². The van der Waals surface area contributed by atoms with Crippen molar-refractivity contribution in [2.45, 2.75) is 57.4 Å². The van der Waals surface area contributed by atoms with Gasteiger partial charge in [-0.3, -0.25) is 0 Å². The summed E-state index contributed by atoms with van der Waals surface area (Å²) < 4.78 is 34.3. The predicted octanol–water partition coefficient (Wildman–Crippen LogP) is 5.07. The molecule has 3 rings (SSSR count). The van der Waals surface area contributed by atoms with E-state index in [-0.39, 0.29) is 20.8 Å². The van der Waals surface area contributed by atoms with E-state index in [1.165, 1.54) is 12.2 Å². The maximum absolute atomic E-state index is 13.3. The number of ether oxygens (including phenoxy) is 1. The zero-order valence-corrected chi connectivity index (χ0v) is 20.1. The van der Waals surface area contributed by atoms with E-state index in [4.69, 9.17) is 9.72 Å². The fourth-order valence-corrected chi connectivity index (χ4v) is 5.22. The van der Waals surface area contributed by atoms with Crippen LogP contribution >= 0.6 is 0 Å². The van der Waals surface area contributed by atoms with Gasteiger partial charge in [0.15, 0.2) is 0 Å². The number of sulfone groups is 1. The minimum atomic E-state index is -3.84. The molecule has 6 nitrogen and oxygen atoms in total. The van der Waals surface area contributed by atoms with Gasteiger partial charge in [-0.2, -0.15) is 5.26 Å². The summed E-state index contributed by atoms with van der Waals surface area (Å²) in [5.41, 5.74) is 1.65. The molecule has 32 heavy (non-hydrogen) atoms. The normalized spacial score (nSPS) is 16.8. The van der Waals surface area contributed by atoms with Crippen LogP contribution in [0.25, 0.3) is 11.0 Å². The van der Waals surface area contributed by atoms with Crippen LogP contribution in [0.4, 0.5) is 0 Å². The Balaban J connectivity index is 2.11. The van der Waals surface area contributed by atoms with Crippen LogP contribution in [-0.4, -0.2) is 31.2 Å². The summed E-state index contributed by atoms with van der Waals surface area (Å²) >= 11 is 0. The third-order valence-corrected chi connectivity index (χ3v) is 7.51. The molecule has 0 unspecified atom stereocenters. The fourth-order valence-electron chi connectivity index (χ4n) is 3.94. The molecular formula is C25H31N3O3S. The van der Waals surface area contributed by atoms with Gasteiger partial charge in [-0.15, -0.1) is 0 Å². The molecule has 1 aromatic heterocycles. The standard InChI is InChI=1S/C25H31N3O3S/c1-6-18(16-26)14-20(7-2)32(29,30)21-8-9-23-22(15-21)27-24(25(3,4)5)28(23)17-19-10-12-31-13-11-19/h6-9,14-15,19H,2,10-13,17H2,1,3-5H3/b18-6+,20-14+. The molecule has 0 N–H and O–H groups in total. The van der Waals surface area contributed by atoms with Crippen molar-refractivity contribution in [2.24, 2.45) is 5.92 Å². The molecule has 0 amide bonds. The molecule has 0 bridgehead atoms. The Labute approximate surface area is 190 Å². The molecule has 0 atom stereocenters. The number of rotatable bonds is 6. The van der Waals surface area contributed by atoms with Crippen LogP contribution in [0.2, 0.25) is 0 Å². The van der Waals surface area contributed by atoms with Crippen LogP contribution in [-0.2, 0) is 26.5 Å². The third-order valence-electron chi connectivity index (χ3n) is 5.73. The van der Waals surface area contributed by atoms with E-state index in [1.54, 1.807) is 25.1 Å². The van der Waals surface area contributed by atoms with Gasteiger partial charge >= 0.3 is 0 Å². The number of nitriles is 1. The second kappa shape index (κ2) is 9.43. The van der Waals surface area contributed by atoms with E-state index >= 15 is 0 Å². The van der Waals surface area contributed by atoms with Gasteiger partial charge in [-0.25, -0.2) is 13.4 Å². The maximum Gasteiger partial charge on any atom is 0.206 e. The van der Waals surface area contributed by atoms with E-state index in [2.05, 4.69) is 31.9 Å². The molecular weight excluding hydrogens is 422 g/mol. The summed E-state index contributed by atoms with van der Waals surface area (Å²) in [7, 11) is -3.84. The van der Waals surface area contributed by atoms with E-state index in [9.17, 15) is 13.7 Å². The van der Waals surface area contributed by atoms with E-state index in [0.29, 0.717) is 11.4 Å². The zero-order chi connectivity index (χ0) is 23.5. The van der Waals surface area contributed by atoms with E-state index in [1.807, 2.05) is 12.1 Å². The Morgan fingerprint density at radius 1 is 1.34 bits per heavy atom. The molecule has 1 aliphatic heterocycles. The summed E-state index contributed by atoms with van der Waals surface area (Å²) in [5, 5.41) is 9.18. The van der Waals surface area contributed by atoms with Gasteiger partial charge in [0.1, 0.15) is 5.82 Å². The highest BCUT2D eigenvalue weighted by atomic mass is 32.2. The van der Waals surface area contributed by atoms with Gasteiger partial charge in [-0.05, 0) is 50.0 Å². The van der Waals surface area contributed by atoms with Crippen molar-refractivity contribution in [3.63, 3.8) is 0 Å². The third kappa shape index (κ3) is 4.87. The van der Waals surface area contributed by atoms with Crippen molar-refractivity contribution in [3.8, 4) is 6.07 Å². The highest BCUT2D eigenvalue weighted by molar-refractivity contribution is 7.95. The number of allylic oxidation sites excluding steroid dienone is 4. The topological polar surface area (TPSA) is 85.0 Å². The fraction of sp³-hybridized carbons (Fsp3) is 0.440. The quantitative estimate of drug-likeness (QED) is 0.450. The number of benzene rings is 1. The largest absolute Gasteiger partial charge is 0.381 e. The summed E-state index contributed by atoms with van der Waals surface area (Å²) in [4.78, 5) is 4.99. The summed E-state index contributed by atoms with van der Waals surface area (Å²) in [5.74, 6) is 1.44. The number of hydrogen-bond acceptors (Lipinski definition) is 5. The second-order valence-electron chi connectivity index (χ2n) is 9.11. The van der Waals surface area contributed by atoms with Gasteiger partial charge < -0.3 is 9.30 Å². The molecule has 1 saturated heterocycles.